The van der Waals surface area contributed by atoms with Crippen molar-refractivity contribution in [2.24, 2.45) is 0 Å². The molecule has 0 radical (unpaired) electrons. The highest BCUT2D eigenvalue weighted by Gasteiger charge is 2.01. The normalized spacial score (nSPS) is 9.38. The van der Waals surface area contributed by atoms with E-state index in [0.717, 1.165) is 0 Å². The molecular formula is C9H7BrO3. The first-order valence-electron chi connectivity index (χ1n) is 3.58. The minimum atomic E-state index is -0.377. The van der Waals surface area contributed by atoms with E-state index in [2.05, 4.69) is 15.9 Å². The highest BCUT2D eigenvalue weighted by molar-refractivity contribution is 9.18. The number of ether oxygens (including phenoxy) is 1. The zero-order chi connectivity index (χ0) is 9.84. The zero-order valence-corrected chi connectivity index (χ0v) is 8.50. The number of hydrogen-bond donors (Lipinski definition) is 0. The number of halogens is 1. The molecule has 0 atom stereocenters. The van der Waals surface area contributed by atoms with E-state index >= 15 is 0 Å². The number of carbonyl (C=O) groups is 2. The fourth-order valence-electron chi connectivity index (χ4n) is 0.820. The molecule has 4 heteroatoms. The van der Waals surface area contributed by atoms with Crippen LogP contribution in [-0.2, 0) is 4.79 Å². The lowest BCUT2D eigenvalue weighted by molar-refractivity contribution is -0.131. The molecule has 0 aliphatic rings. The second-order valence-corrected chi connectivity index (χ2v) is 3.11. The van der Waals surface area contributed by atoms with Gasteiger partial charge in [0.1, 0.15) is 5.75 Å². The van der Waals surface area contributed by atoms with Gasteiger partial charge < -0.3 is 4.74 Å². The summed E-state index contributed by atoms with van der Waals surface area (Å²) >= 11 is 2.81. The molecule has 0 heterocycles. The Hall–Kier alpha value is -1.16. The van der Waals surface area contributed by atoms with Crippen LogP contribution < -0.4 is 4.74 Å². The van der Waals surface area contributed by atoms with E-state index in [1.165, 1.54) is 6.92 Å². The van der Waals surface area contributed by atoms with Crippen molar-refractivity contribution >= 4 is 26.6 Å². The maximum Gasteiger partial charge on any atom is 0.308 e. The Morgan fingerprint density at radius 3 is 2.15 bits per heavy atom. The summed E-state index contributed by atoms with van der Waals surface area (Å²) in [6, 6.07) is 6.29. The van der Waals surface area contributed by atoms with Gasteiger partial charge in [-0.25, -0.2) is 0 Å². The van der Waals surface area contributed by atoms with Crippen molar-refractivity contribution in [1.29, 1.82) is 0 Å². The van der Waals surface area contributed by atoms with Crippen molar-refractivity contribution in [2.45, 2.75) is 6.92 Å². The Kier molecular flexibility index (Phi) is 3.19. The lowest BCUT2D eigenvalue weighted by Crippen LogP contribution is -2.01. The Bertz CT molecular complexity index is 329. The Morgan fingerprint density at radius 1 is 1.23 bits per heavy atom. The van der Waals surface area contributed by atoms with Crippen molar-refractivity contribution in [1.82, 2.24) is 0 Å². The number of rotatable bonds is 2. The monoisotopic (exact) mass is 242 g/mol. The topological polar surface area (TPSA) is 43.4 Å². The summed E-state index contributed by atoms with van der Waals surface area (Å²) in [6.45, 7) is 1.32. The van der Waals surface area contributed by atoms with Crippen LogP contribution in [0.4, 0.5) is 0 Å². The van der Waals surface area contributed by atoms with E-state index < -0.39 is 0 Å². The van der Waals surface area contributed by atoms with E-state index in [1.807, 2.05) is 0 Å². The van der Waals surface area contributed by atoms with Crippen molar-refractivity contribution in [3.8, 4) is 5.75 Å². The highest BCUT2D eigenvalue weighted by Crippen LogP contribution is 2.14. The van der Waals surface area contributed by atoms with Gasteiger partial charge in [-0.2, -0.15) is 0 Å². The third kappa shape index (κ3) is 2.99. The van der Waals surface area contributed by atoms with Crippen LogP contribution in [0.1, 0.15) is 17.3 Å². The molecule has 13 heavy (non-hydrogen) atoms. The largest absolute Gasteiger partial charge is 0.427 e. The molecule has 0 aliphatic carbocycles. The van der Waals surface area contributed by atoms with Crippen LogP contribution in [0.2, 0.25) is 0 Å². The number of esters is 1. The predicted molar refractivity (Wildman–Crippen MR) is 51.0 cm³/mol. The molecule has 0 fully saturated rings. The van der Waals surface area contributed by atoms with Crippen LogP contribution in [-0.4, -0.2) is 10.7 Å². The Balaban J connectivity index is 2.81. The maximum atomic E-state index is 10.8. The van der Waals surface area contributed by atoms with E-state index in [4.69, 9.17) is 4.74 Å². The molecule has 0 aromatic heterocycles. The maximum absolute atomic E-state index is 10.8. The third-order valence-corrected chi connectivity index (χ3v) is 1.80. The molecule has 1 aromatic carbocycles. The molecule has 0 spiro atoms. The summed E-state index contributed by atoms with van der Waals surface area (Å²) in [5.41, 5.74) is 0.524. The molecule has 3 nitrogen and oxygen atoms in total. The fourth-order valence-corrected chi connectivity index (χ4v) is 1.08. The van der Waals surface area contributed by atoms with Gasteiger partial charge in [-0.05, 0) is 40.2 Å². The highest BCUT2D eigenvalue weighted by atomic mass is 79.9. The van der Waals surface area contributed by atoms with Gasteiger partial charge in [-0.3, -0.25) is 9.59 Å². The second kappa shape index (κ2) is 4.18. The van der Waals surface area contributed by atoms with Gasteiger partial charge in [0.15, 0.2) is 0 Å². The van der Waals surface area contributed by atoms with E-state index in [1.54, 1.807) is 24.3 Å². The molecule has 0 amide bonds. The van der Waals surface area contributed by atoms with E-state index in [-0.39, 0.29) is 10.7 Å². The van der Waals surface area contributed by atoms with Gasteiger partial charge in [-0.15, -0.1) is 0 Å². The quantitative estimate of drug-likeness (QED) is 0.454. The Morgan fingerprint density at radius 2 is 1.77 bits per heavy atom. The molecule has 0 aliphatic heterocycles. The average Bonchev–Trinajstić information content (AvgIpc) is 2.04. The van der Waals surface area contributed by atoms with Crippen LogP contribution in [0.5, 0.6) is 5.75 Å². The van der Waals surface area contributed by atoms with E-state index in [0.29, 0.717) is 11.3 Å². The van der Waals surface area contributed by atoms with Gasteiger partial charge >= 0.3 is 5.97 Å². The van der Waals surface area contributed by atoms with Crippen LogP contribution in [0.15, 0.2) is 24.3 Å². The van der Waals surface area contributed by atoms with Crippen molar-refractivity contribution in [3.63, 3.8) is 0 Å². The Labute approximate surface area is 83.8 Å². The van der Waals surface area contributed by atoms with Crippen LogP contribution >= 0.6 is 15.9 Å². The molecule has 68 valence electrons. The van der Waals surface area contributed by atoms with Crippen LogP contribution in [0.3, 0.4) is 0 Å². The second-order valence-electron chi connectivity index (χ2n) is 2.39. The third-order valence-electron chi connectivity index (χ3n) is 1.34. The first-order valence-corrected chi connectivity index (χ1v) is 4.37. The van der Waals surface area contributed by atoms with Crippen molar-refractivity contribution in [2.75, 3.05) is 0 Å². The van der Waals surface area contributed by atoms with Crippen molar-refractivity contribution < 1.29 is 14.3 Å². The molecule has 0 N–H and O–H groups in total. The lowest BCUT2D eigenvalue weighted by Gasteiger charge is -2.00. The minimum absolute atomic E-state index is 0.193. The first-order chi connectivity index (χ1) is 6.09. The molecule has 1 aromatic rings. The summed E-state index contributed by atoms with van der Waals surface area (Å²) < 4.78 is 4.59. The van der Waals surface area contributed by atoms with Gasteiger partial charge in [0.2, 0.25) is 4.69 Å². The van der Waals surface area contributed by atoms with Gasteiger partial charge in [0, 0.05) is 12.5 Å². The summed E-state index contributed by atoms with van der Waals surface area (Å²) in [7, 11) is 0. The van der Waals surface area contributed by atoms with Gasteiger partial charge in [-0.1, -0.05) is 0 Å². The smallest absolute Gasteiger partial charge is 0.308 e. The standard InChI is InChI=1S/C9H7BrO3/c1-6(11)13-8-4-2-7(3-5-8)9(10)12/h2-5H,1H3. The SMILES string of the molecule is CC(=O)Oc1ccc(C(=O)Br)cc1. The number of hydrogen-bond acceptors (Lipinski definition) is 3. The summed E-state index contributed by atoms with van der Waals surface area (Å²) in [4.78, 5) is 21.3. The van der Waals surface area contributed by atoms with Gasteiger partial charge in [0.25, 0.3) is 0 Å². The molecule has 0 unspecified atom stereocenters. The first kappa shape index (κ1) is 9.92. The molecule has 0 bridgehead atoms. The minimum Gasteiger partial charge on any atom is -0.427 e. The summed E-state index contributed by atoms with van der Waals surface area (Å²) in [5.74, 6) is 0.0583. The van der Waals surface area contributed by atoms with Gasteiger partial charge in [0.05, 0.1) is 0 Å². The lowest BCUT2D eigenvalue weighted by atomic mass is 10.2. The van der Waals surface area contributed by atoms with E-state index in [9.17, 15) is 9.59 Å². The average molecular weight is 243 g/mol. The van der Waals surface area contributed by atoms with Crippen LogP contribution in [0, 0.1) is 0 Å². The molecule has 0 saturated carbocycles. The summed E-state index contributed by atoms with van der Waals surface area (Å²) in [5, 5.41) is 0. The number of benzene rings is 1. The molecular weight excluding hydrogens is 236 g/mol. The fraction of sp³-hybridized carbons (Fsp3) is 0.111. The number of carbonyl (C=O) groups excluding carboxylic acids is 2. The zero-order valence-electron chi connectivity index (χ0n) is 6.91. The summed E-state index contributed by atoms with van der Waals surface area (Å²) in [6.07, 6.45) is 0. The van der Waals surface area contributed by atoms with Crippen molar-refractivity contribution in [3.05, 3.63) is 29.8 Å². The van der Waals surface area contributed by atoms with Crippen LogP contribution in [0.25, 0.3) is 0 Å². The molecule has 0 saturated heterocycles. The predicted octanol–water partition coefficient (Wildman–Crippen LogP) is 2.15. The molecule has 1 rings (SSSR count).